The molecule has 0 amide bonds. The Balaban J connectivity index is 2.18. The monoisotopic (exact) mass is 303 g/mol. The van der Waals surface area contributed by atoms with Crippen LogP contribution >= 0.6 is 0 Å². The molecule has 118 valence electrons. The van der Waals surface area contributed by atoms with Gasteiger partial charge in [0, 0.05) is 6.07 Å². The number of hydrogen-bond acceptors (Lipinski definition) is 9. The van der Waals surface area contributed by atoms with Crippen molar-refractivity contribution in [1.29, 1.82) is 0 Å². The lowest BCUT2D eigenvalue weighted by Gasteiger charge is -2.40. The molecule has 1 aromatic rings. The molecule has 2 heterocycles. The minimum absolute atomic E-state index is 0.0416. The van der Waals surface area contributed by atoms with Gasteiger partial charge >= 0.3 is 0 Å². The number of hydrogen-bond donors (Lipinski definition) is 6. The van der Waals surface area contributed by atoms with Gasteiger partial charge in [0.2, 0.25) is 0 Å². The first-order chi connectivity index (χ1) is 9.96. The van der Waals surface area contributed by atoms with Gasteiger partial charge in [-0.1, -0.05) is 0 Å². The molecule has 1 fully saturated rings. The molecule has 2 rings (SSSR count). The first-order valence-electron chi connectivity index (χ1n) is 6.18. The number of anilines is 1. The highest BCUT2D eigenvalue weighted by atomic mass is 16.6. The zero-order chi connectivity index (χ0) is 15.6. The highest BCUT2D eigenvalue weighted by molar-refractivity contribution is 5.35. The number of methoxy groups -OCH3 is 1. The fourth-order valence-corrected chi connectivity index (χ4v) is 1.97. The number of nitrogens with zero attached hydrogens (tertiary/aromatic N) is 1. The minimum atomic E-state index is -1.52. The van der Waals surface area contributed by atoms with Crippen LogP contribution in [0.5, 0.6) is 6.01 Å². The zero-order valence-electron chi connectivity index (χ0n) is 11.1. The van der Waals surface area contributed by atoms with E-state index in [0.29, 0.717) is 0 Å². The van der Waals surface area contributed by atoms with Gasteiger partial charge < -0.3 is 35.2 Å². The average Bonchev–Trinajstić information content (AvgIpc) is 2.47. The van der Waals surface area contributed by atoms with Gasteiger partial charge in [-0.05, 0) is 0 Å². The van der Waals surface area contributed by atoms with E-state index in [9.17, 15) is 20.1 Å². The van der Waals surface area contributed by atoms with Gasteiger partial charge in [0.1, 0.15) is 30.2 Å². The lowest BCUT2D eigenvalue weighted by molar-refractivity contribution is -0.221. The Morgan fingerprint density at radius 3 is 2.71 bits per heavy atom. The molecule has 1 aliphatic rings. The summed E-state index contributed by atoms with van der Waals surface area (Å²) in [6.07, 6.45) is -6.67. The molecule has 0 bridgehead atoms. The smallest absolute Gasteiger partial charge is 0.298 e. The van der Waals surface area contributed by atoms with Crippen LogP contribution in [0.15, 0.2) is 10.9 Å². The molecule has 1 saturated heterocycles. The predicted molar refractivity (Wildman–Crippen MR) is 68.8 cm³/mol. The number of H-pyrrole nitrogens is 1. The maximum atomic E-state index is 11.4. The van der Waals surface area contributed by atoms with Gasteiger partial charge in [-0.25, -0.2) is 0 Å². The summed E-state index contributed by atoms with van der Waals surface area (Å²) in [7, 11) is 1.32. The second-order valence-corrected chi connectivity index (χ2v) is 4.53. The summed E-state index contributed by atoms with van der Waals surface area (Å²) in [4.78, 5) is 17.6. The average molecular weight is 303 g/mol. The van der Waals surface area contributed by atoms with E-state index in [4.69, 9.17) is 14.6 Å². The first kappa shape index (κ1) is 15.7. The summed E-state index contributed by atoms with van der Waals surface area (Å²) in [6, 6.07) is 1.05. The van der Waals surface area contributed by atoms with Gasteiger partial charge in [0.15, 0.2) is 6.23 Å². The van der Waals surface area contributed by atoms with Crippen molar-refractivity contribution in [1.82, 2.24) is 9.97 Å². The molecule has 5 atom stereocenters. The summed E-state index contributed by atoms with van der Waals surface area (Å²) in [5.41, 5.74) is -0.492. The summed E-state index contributed by atoms with van der Waals surface area (Å²) in [5, 5.41) is 40.8. The third-order valence-corrected chi connectivity index (χ3v) is 3.10. The molecule has 6 N–H and O–H groups in total. The maximum Gasteiger partial charge on any atom is 0.298 e. The third kappa shape index (κ3) is 3.31. The van der Waals surface area contributed by atoms with Crippen LogP contribution in [0, 0.1) is 0 Å². The molecular weight excluding hydrogens is 286 g/mol. The van der Waals surface area contributed by atoms with Crippen LogP contribution in [0.1, 0.15) is 0 Å². The second-order valence-electron chi connectivity index (χ2n) is 4.53. The van der Waals surface area contributed by atoms with Crippen LogP contribution in [0.4, 0.5) is 5.82 Å². The van der Waals surface area contributed by atoms with Crippen LogP contribution < -0.4 is 15.6 Å². The van der Waals surface area contributed by atoms with Crippen molar-refractivity contribution in [3.63, 3.8) is 0 Å². The van der Waals surface area contributed by atoms with Crippen molar-refractivity contribution in [3.8, 4) is 6.01 Å². The number of aromatic amines is 1. The molecule has 10 heteroatoms. The standard InChI is InChI=1S/C11H17N3O7/c1-20-11-13-5(2-6(16)14-11)12-10-9(19)8(18)7(17)4(3-15)21-10/h2,4,7-10,15,17-19H,3H2,1H3,(H2,12,13,14,16)/t4-,7+,8+,9-,10-/m0/s1. The summed E-state index contributed by atoms with van der Waals surface area (Å²) >= 11 is 0. The van der Waals surface area contributed by atoms with Gasteiger partial charge in [0.05, 0.1) is 13.7 Å². The number of aliphatic hydroxyl groups excluding tert-OH is 4. The first-order valence-corrected chi connectivity index (χ1v) is 6.18. The fraction of sp³-hybridized carbons (Fsp3) is 0.636. The highest BCUT2D eigenvalue weighted by Gasteiger charge is 2.43. The van der Waals surface area contributed by atoms with Crippen molar-refractivity contribution in [3.05, 3.63) is 16.4 Å². The lowest BCUT2D eigenvalue weighted by Crippen LogP contribution is -2.60. The molecule has 0 aromatic carbocycles. The van der Waals surface area contributed by atoms with Crippen LogP contribution in [-0.4, -0.2) is 74.8 Å². The number of aromatic nitrogens is 2. The molecule has 0 spiro atoms. The van der Waals surface area contributed by atoms with E-state index in [1.807, 2.05) is 0 Å². The third-order valence-electron chi connectivity index (χ3n) is 3.10. The van der Waals surface area contributed by atoms with E-state index in [0.717, 1.165) is 6.07 Å². The van der Waals surface area contributed by atoms with E-state index in [-0.39, 0.29) is 11.8 Å². The zero-order valence-corrected chi connectivity index (χ0v) is 11.1. The number of nitrogens with one attached hydrogen (secondary N) is 2. The van der Waals surface area contributed by atoms with Crippen molar-refractivity contribution in [2.24, 2.45) is 0 Å². The molecule has 0 saturated carbocycles. The summed E-state index contributed by atoms with van der Waals surface area (Å²) in [5.74, 6) is 0.0416. The molecule has 1 aliphatic heterocycles. The van der Waals surface area contributed by atoms with Crippen molar-refractivity contribution >= 4 is 5.82 Å². The Morgan fingerprint density at radius 2 is 2.10 bits per heavy atom. The molecule has 10 nitrogen and oxygen atoms in total. The SMILES string of the molecule is COc1nc(N[C@H]2O[C@@H](CO)[C@@H](O)[C@@H](O)[C@@H]2O)cc(=O)[nH]1. The topological polar surface area (TPSA) is 157 Å². The normalized spacial score (nSPS) is 32.7. The van der Waals surface area contributed by atoms with E-state index in [2.05, 4.69) is 15.3 Å². The Morgan fingerprint density at radius 1 is 1.38 bits per heavy atom. The van der Waals surface area contributed by atoms with Crippen molar-refractivity contribution in [2.45, 2.75) is 30.6 Å². The lowest BCUT2D eigenvalue weighted by atomic mass is 9.98. The molecule has 0 radical (unpaired) electrons. The van der Waals surface area contributed by atoms with Gasteiger partial charge in [0.25, 0.3) is 11.6 Å². The Hall–Kier alpha value is -1.72. The van der Waals surface area contributed by atoms with Gasteiger partial charge in [-0.15, -0.1) is 0 Å². The molecule has 1 aromatic heterocycles. The Labute approximate surface area is 119 Å². The predicted octanol–water partition coefficient (Wildman–Crippen LogP) is -3.01. The number of ether oxygens (including phenoxy) is 2. The Bertz CT molecular complexity index is 535. The Kier molecular flexibility index (Phi) is 4.75. The molecule has 21 heavy (non-hydrogen) atoms. The highest BCUT2D eigenvalue weighted by Crippen LogP contribution is 2.22. The molecule has 0 unspecified atom stereocenters. The maximum absolute atomic E-state index is 11.4. The van der Waals surface area contributed by atoms with Crippen LogP contribution in [0.3, 0.4) is 0 Å². The van der Waals surface area contributed by atoms with Crippen molar-refractivity contribution in [2.75, 3.05) is 19.0 Å². The van der Waals surface area contributed by atoms with Crippen LogP contribution in [0.25, 0.3) is 0 Å². The fourth-order valence-electron chi connectivity index (χ4n) is 1.97. The molecular formula is C11H17N3O7. The van der Waals surface area contributed by atoms with E-state index in [1.165, 1.54) is 7.11 Å². The number of rotatable bonds is 4. The van der Waals surface area contributed by atoms with Crippen molar-refractivity contribution < 1.29 is 29.9 Å². The van der Waals surface area contributed by atoms with E-state index in [1.54, 1.807) is 0 Å². The second kappa shape index (κ2) is 6.37. The number of aliphatic hydroxyl groups is 4. The minimum Gasteiger partial charge on any atom is -0.468 e. The van der Waals surface area contributed by atoms with E-state index < -0.39 is 42.8 Å². The van der Waals surface area contributed by atoms with Crippen LogP contribution in [0.2, 0.25) is 0 Å². The summed E-state index contributed by atoms with van der Waals surface area (Å²) < 4.78 is 10.0. The quantitative estimate of drug-likeness (QED) is 0.341. The van der Waals surface area contributed by atoms with Gasteiger partial charge in [-0.2, -0.15) is 4.98 Å². The summed E-state index contributed by atoms with van der Waals surface area (Å²) in [6.45, 7) is -0.546. The van der Waals surface area contributed by atoms with Crippen LogP contribution in [-0.2, 0) is 4.74 Å². The van der Waals surface area contributed by atoms with Gasteiger partial charge in [-0.3, -0.25) is 9.78 Å². The largest absolute Gasteiger partial charge is 0.468 e. The van der Waals surface area contributed by atoms with E-state index >= 15 is 0 Å². The molecule has 0 aliphatic carbocycles.